The molecule has 5 nitrogen and oxygen atoms in total. The molecule has 3 rings (SSSR count). The highest BCUT2D eigenvalue weighted by molar-refractivity contribution is 5.88. The summed E-state index contributed by atoms with van der Waals surface area (Å²) in [5.74, 6) is -0.526. The molecule has 2 heterocycles. The summed E-state index contributed by atoms with van der Waals surface area (Å²) in [6.45, 7) is 0. The average molecular weight is 240 g/mol. The van der Waals surface area contributed by atoms with Gasteiger partial charge in [-0.3, -0.25) is 0 Å². The van der Waals surface area contributed by atoms with Crippen molar-refractivity contribution in [2.45, 2.75) is 0 Å². The van der Waals surface area contributed by atoms with Crippen LogP contribution < -0.4 is 0 Å². The number of aromatic carboxylic acids is 1. The van der Waals surface area contributed by atoms with Crippen LogP contribution in [0.3, 0.4) is 0 Å². The molecule has 0 spiro atoms. The Balaban J connectivity index is 2.06. The molecule has 0 fully saturated rings. The highest BCUT2D eigenvalue weighted by Gasteiger charge is 2.09. The highest BCUT2D eigenvalue weighted by Crippen LogP contribution is 2.22. The molecule has 0 atom stereocenters. The number of nitrogens with zero attached hydrogens (tertiary/aromatic N) is 2. The molecule has 18 heavy (non-hydrogen) atoms. The van der Waals surface area contributed by atoms with Crippen molar-refractivity contribution in [2.75, 3.05) is 0 Å². The monoisotopic (exact) mass is 240 g/mol. The fourth-order valence-corrected chi connectivity index (χ4v) is 1.65. The first-order valence-corrected chi connectivity index (χ1v) is 5.29. The van der Waals surface area contributed by atoms with Crippen molar-refractivity contribution in [1.82, 2.24) is 9.97 Å². The van der Waals surface area contributed by atoms with E-state index in [1.54, 1.807) is 30.5 Å². The number of fused-ring (bicyclic) bond motifs is 1. The predicted molar refractivity (Wildman–Crippen MR) is 64.2 cm³/mol. The van der Waals surface area contributed by atoms with Crippen LogP contribution in [0.15, 0.2) is 47.0 Å². The number of rotatable bonds is 2. The highest BCUT2D eigenvalue weighted by atomic mass is 16.4. The van der Waals surface area contributed by atoms with Crippen LogP contribution in [0, 0.1) is 0 Å². The van der Waals surface area contributed by atoms with Crippen LogP contribution in [0.25, 0.3) is 22.7 Å². The zero-order valence-electron chi connectivity index (χ0n) is 9.20. The molecule has 1 aromatic carbocycles. The summed E-state index contributed by atoms with van der Waals surface area (Å²) in [6, 6.07) is 9.94. The number of oxazole rings is 1. The van der Waals surface area contributed by atoms with Gasteiger partial charge in [0.05, 0.1) is 5.56 Å². The molecular formula is C13H8N2O3. The molecule has 0 bridgehead atoms. The van der Waals surface area contributed by atoms with Gasteiger partial charge >= 0.3 is 5.97 Å². The van der Waals surface area contributed by atoms with Crippen molar-refractivity contribution < 1.29 is 14.3 Å². The summed E-state index contributed by atoms with van der Waals surface area (Å²) < 4.78 is 5.48. The first-order chi connectivity index (χ1) is 8.74. The lowest BCUT2D eigenvalue weighted by Gasteiger charge is -1.96. The van der Waals surface area contributed by atoms with E-state index < -0.39 is 5.97 Å². The third-order valence-electron chi connectivity index (χ3n) is 2.55. The maximum Gasteiger partial charge on any atom is 0.335 e. The Morgan fingerprint density at radius 2 is 1.94 bits per heavy atom. The van der Waals surface area contributed by atoms with E-state index in [2.05, 4.69) is 9.97 Å². The summed E-state index contributed by atoms with van der Waals surface area (Å²) >= 11 is 0. The fraction of sp³-hybridized carbons (Fsp3) is 0. The maximum absolute atomic E-state index is 10.7. The first kappa shape index (κ1) is 10.5. The van der Waals surface area contributed by atoms with Crippen molar-refractivity contribution >= 4 is 17.2 Å². The van der Waals surface area contributed by atoms with Gasteiger partial charge in [0.25, 0.3) is 0 Å². The fourth-order valence-electron chi connectivity index (χ4n) is 1.65. The molecule has 0 saturated heterocycles. The van der Waals surface area contributed by atoms with Gasteiger partial charge in [-0.25, -0.2) is 14.8 Å². The quantitative estimate of drug-likeness (QED) is 0.745. The second kappa shape index (κ2) is 3.96. The van der Waals surface area contributed by atoms with E-state index in [1.807, 2.05) is 0 Å². The van der Waals surface area contributed by atoms with Crippen LogP contribution in [-0.2, 0) is 0 Å². The molecule has 2 aromatic heterocycles. The molecule has 88 valence electrons. The van der Waals surface area contributed by atoms with Crippen LogP contribution in [0.5, 0.6) is 0 Å². The molecule has 1 N–H and O–H groups in total. The summed E-state index contributed by atoms with van der Waals surface area (Å²) in [7, 11) is 0. The number of hydrogen-bond donors (Lipinski definition) is 1. The Morgan fingerprint density at radius 3 is 2.61 bits per heavy atom. The van der Waals surface area contributed by atoms with Crippen molar-refractivity contribution in [3.05, 3.63) is 48.2 Å². The lowest BCUT2D eigenvalue weighted by molar-refractivity contribution is 0.0697. The van der Waals surface area contributed by atoms with E-state index in [0.717, 1.165) is 5.56 Å². The SMILES string of the molecule is O=C(O)c1ccc(-c2nc3cccnc3o2)cc1. The minimum atomic E-state index is -0.958. The van der Waals surface area contributed by atoms with Crippen LogP contribution in [-0.4, -0.2) is 21.0 Å². The lowest BCUT2D eigenvalue weighted by Crippen LogP contribution is -1.94. The van der Waals surface area contributed by atoms with Gasteiger partial charge in [0.15, 0.2) is 0 Å². The average Bonchev–Trinajstić information content (AvgIpc) is 2.82. The summed E-state index contributed by atoms with van der Waals surface area (Å²) in [5, 5.41) is 8.81. The molecule has 0 aliphatic heterocycles. The molecule has 0 saturated carbocycles. The van der Waals surface area contributed by atoms with Crippen LogP contribution in [0.2, 0.25) is 0 Å². The predicted octanol–water partition coefficient (Wildman–Crippen LogP) is 2.59. The Labute approximate surface area is 102 Å². The minimum Gasteiger partial charge on any atom is -0.478 e. The van der Waals surface area contributed by atoms with Crippen LogP contribution in [0.1, 0.15) is 10.4 Å². The number of carboxylic acids is 1. The van der Waals surface area contributed by atoms with E-state index in [9.17, 15) is 4.79 Å². The Morgan fingerprint density at radius 1 is 1.17 bits per heavy atom. The van der Waals surface area contributed by atoms with Crippen molar-refractivity contribution in [1.29, 1.82) is 0 Å². The number of aromatic nitrogens is 2. The summed E-state index contributed by atoms with van der Waals surface area (Å²) in [4.78, 5) is 19.1. The number of benzene rings is 1. The van der Waals surface area contributed by atoms with Gasteiger partial charge in [-0.2, -0.15) is 0 Å². The van der Waals surface area contributed by atoms with Crippen molar-refractivity contribution in [2.24, 2.45) is 0 Å². The molecule has 3 aromatic rings. The summed E-state index contributed by atoms with van der Waals surface area (Å²) in [6.07, 6.45) is 1.63. The van der Waals surface area contributed by atoms with Crippen molar-refractivity contribution in [3.63, 3.8) is 0 Å². The zero-order valence-corrected chi connectivity index (χ0v) is 9.20. The molecule has 0 radical (unpaired) electrons. The van der Waals surface area contributed by atoms with Gasteiger partial charge in [0.2, 0.25) is 11.6 Å². The molecule has 0 aliphatic rings. The standard InChI is InChI=1S/C13H8N2O3/c16-13(17)9-5-3-8(4-6-9)11-15-10-2-1-7-14-12(10)18-11/h1-7H,(H,16,17). The Hall–Kier alpha value is -2.69. The zero-order chi connectivity index (χ0) is 12.5. The van der Waals surface area contributed by atoms with Gasteiger partial charge < -0.3 is 9.52 Å². The number of carboxylic acid groups (broad SMARTS) is 1. The Bertz CT molecular complexity index is 683. The molecule has 0 amide bonds. The van der Waals surface area contributed by atoms with Crippen LogP contribution >= 0.6 is 0 Å². The number of hydrogen-bond acceptors (Lipinski definition) is 4. The Kier molecular flexibility index (Phi) is 2.30. The van der Waals surface area contributed by atoms with Gasteiger partial charge in [0.1, 0.15) is 5.52 Å². The van der Waals surface area contributed by atoms with Gasteiger partial charge in [0, 0.05) is 11.8 Å². The minimum absolute atomic E-state index is 0.230. The molecule has 0 unspecified atom stereocenters. The van der Waals surface area contributed by atoms with Gasteiger partial charge in [-0.05, 0) is 36.4 Å². The second-order valence-corrected chi connectivity index (χ2v) is 3.73. The summed E-state index contributed by atoms with van der Waals surface area (Å²) in [5.41, 5.74) is 2.09. The molecular weight excluding hydrogens is 232 g/mol. The smallest absolute Gasteiger partial charge is 0.335 e. The van der Waals surface area contributed by atoms with Gasteiger partial charge in [-0.1, -0.05) is 0 Å². The van der Waals surface area contributed by atoms with E-state index in [-0.39, 0.29) is 5.56 Å². The van der Waals surface area contributed by atoms with E-state index >= 15 is 0 Å². The maximum atomic E-state index is 10.7. The lowest BCUT2D eigenvalue weighted by atomic mass is 10.1. The second-order valence-electron chi connectivity index (χ2n) is 3.73. The van der Waals surface area contributed by atoms with E-state index in [1.165, 1.54) is 12.1 Å². The topological polar surface area (TPSA) is 76.2 Å². The third kappa shape index (κ3) is 1.71. The van der Waals surface area contributed by atoms with Gasteiger partial charge in [-0.15, -0.1) is 0 Å². The number of carbonyl (C=O) groups is 1. The van der Waals surface area contributed by atoms with E-state index in [4.69, 9.17) is 9.52 Å². The molecule has 5 heteroatoms. The number of pyridine rings is 1. The first-order valence-electron chi connectivity index (χ1n) is 5.29. The largest absolute Gasteiger partial charge is 0.478 e. The third-order valence-corrected chi connectivity index (χ3v) is 2.55. The van der Waals surface area contributed by atoms with Crippen LogP contribution in [0.4, 0.5) is 0 Å². The van der Waals surface area contributed by atoms with Crippen molar-refractivity contribution in [3.8, 4) is 11.5 Å². The molecule has 0 aliphatic carbocycles. The normalized spacial score (nSPS) is 10.7. The van der Waals surface area contributed by atoms with E-state index in [0.29, 0.717) is 17.1 Å².